The number of hydrogen-bond donors (Lipinski definition) is 6. The molecule has 0 saturated carbocycles. The van der Waals surface area contributed by atoms with Gasteiger partial charge in [-0.1, -0.05) is 199 Å². The van der Waals surface area contributed by atoms with Crippen molar-refractivity contribution in [2.45, 2.75) is 262 Å². The third kappa shape index (κ3) is 29.5. The lowest BCUT2D eigenvalue weighted by atomic mass is 9.99. The standard InChI is InChI=1S/C48H91NO8/c1-3-5-7-9-11-13-15-17-19-20-21-22-24-25-27-29-31-33-35-37-42(51)41(40-56-48-47(55)46(54)45(53)43(39-50)57-48)49-44(52)38-36-34-32-30-28-26-23-18-16-14-12-10-8-6-4-2/h12,14,16,18,41-43,45-48,50-51,53-55H,3-11,13,15,17,19-40H2,1-2H3,(H,49,52)/b14-12-,18-16-. The Morgan fingerprint density at radius 3 is 1.51 bits per heavy atom. The van der Waals surface area contributed by atoms with Crippen LogP contribution in [0.2, 0.25) is 0 Å². The van der Waals surface area contributed by atoms with Crippen molar-refractivity contribution in [2.24, 2.45) is 0 Å². The van der Waals surface area contributed by atoms with Crippen molar-refractivity contribution in [1.82, 2.24) is 5.32 Å². The molecule has 0 aromatic carbocycles. The van der Waals surface area contributed by atoms with E-state index in [2.05, 4.69) is 43.5 Å². The molecule has 7 atom stereocenters. The monoisotopic (exact) mass is 810 g/mol. The number of allylic oxidation sites excluding steroid dienone is 4. The Hall–Kier alpha value is -1.33. The zero-order chi connectivity index (χ0) is 41.6. The zero-order valence-electron chi connectivity index (χ0n) is 36.9. The quantitative estimate of drug-likeness (QED) is 0.0265. The van der Waals surface area contributed by atoms with Crippen molar-refractivity contribution in [3.8, 4) is 0 Å². The first-order valence-electron chi connectivity index (χ1n) is 24.1. The minimum Gasteiger partial charge on any atom is -0.394 e. The van der Waals surface area contributed by atoms with Gasteiger partial charge in [0.05, 0.1) is 25.4 Å². The van der Waals surface area contributed by atoms with Gasteiger partial charge in [0.1, 0.15) is 24.4 Å². The minimum atomic E-state index is -1.55. The van der Waals surface area contributed by atoms with Gasteiger partial charge in [0, 0.05) is 6.42 Å². The second kappa shape index (κ2) is 38.8. The number of carbonyl (C=O) groups excluding carboxylic acids is 1. The lowest BCUT2D eigenvalue weighted by molar-refractivity contribution is -0.302. The average Bonchev–Trinajstić information content (AvgIpc) is 3.21. The van der Waals surface area contributed by atoms with Gasteiger partial charge < -0.3 is 40.3 Å². The summed E-state index contributed by atoms with van der Waals surface area (Å²) < 4.78 is 11.3. The maximum atomic E-state index is 13.0. The summed E-state index contributed by atoms with van der Waals surface area (Å²) in [6.07, 6.45) is 38.9. The van der Waals surface area contributed by atoms with E-state index in [-0.39, 0.29) is 12.5 Å². The third-order valence-electron chi connectivity index (χ3n) is 11.6. The Morgan fingerprint density at radius 1 is 0.596 bits per heavy atom. The second-order valence-electron chi connectivity index (χ2n) is 16.9. The Bertz CT molecular complexity index is 945. The molecule has 1 heterocycles. The fourth-order valence-corrected chi connectivity index (χ4v) is 7.68. The second-order valence-corrected chi connectivity index (χ2v) is 16.9. The number of carbonyl (C=O) groups is 1. The smallest absolute Gasteiger partial charge is 0.220 e. The summed E-state index contributed by atoms with van der Waals surface area (Å²) in [6.45, 7) is 3.81. The minimum absolute atomic E-state index is 0.141. The number of aliphatic hydroxyl groups excluding tert-OH is 5. The topological polar surface area (TPSA) is 149 Å². The summed E-state index contributed by atoms with van der Waals surface area (Å²) in [7, 11) is 0. The van der Waals surface area contributed by atoms with Gasteiger partial charge in [0.2, 0.25) is 5.91 Å². The van der Waals surface area contributed by atoms with Crippen LogP contribution in [-0.4, -0.2) is 87.5 Å². The lowest BCUT2D eigenvalue weighted by Crippen LogP contribution is -2.60. The molecule has 0 bridgehead atoms. The first-order valence-corrected chi connectivity index (χ1v) is 24.1. The van der Waals surface area contributed by atoms with Gasteiger partial charge in [-0.05, 0) is 38.5 Å². The number of ether oxygens (including phenoxy) is 2. The van der Waals surface area contributed by atoms with Gasteiger partial charge in [0.25, 0.3) is 0 Å². The van der Waals surface area contributed by atoms with E-state index in [1.807, 2.05) is 0 Å². The summed E-state index contributed by atoms with van der Waals surface area (Å²) >= 11 is 0. The predicted molar refractivity (Wildman–Crippen MR) is 235 cm³/mol. The molecular weight excluding hydrogens is 719 g/mol. The highest BCUT2D eigenvalue weighted by Gasteiger charge is 2.44. The number of nitrogens with one attached hydrogen (secondary N) is 1. The molecule has 0 radical (unpaired) electrons. The van der Waals surface area contributed by atoms with Crippen LogP contribution in [0.5, 0.6) is 0 Å². The van der Waals surface area contributed by atoms with Crippen molar-refractivity contribution < 1.29 is 39.8 Å². The van der Waals surface area contributed by atoms with Crippen LogP contribution in [0.25, 0.3) is 0 Å². The van der Waals surface area contributed by atoms with Gasteiger partial charge in [0.15, 0.2) is 6.29 Å². The summed E-state index contributed by atoms with van der Waals surface area (Å²) in [5.41, 5.74) is 0. The van der Waals surface area contributed by atoms with Crippen LogP contribution in [-0.2, 0) is 14.3 Å². The molecule has 6 N–H and O–H groups in total. The fraction of sp³-hybridized carbons (Fsp3) is 0.896. The summed E-state index contributed by atoms with van der Waals surface area (Å²) in [5, 5.41) is 54.4. The van der Waals surface area contributed by atoms with E-state index in [1.165, 1.54) is 135 Å². The molecule has 57 heavy (non-hydrogen) atoms. The van der Waals surface area contributed by atoms with Crippen LogP contribution >= 0.6 is 0 Å². The fourth-order valence-electron chi connectivity index (χ4n) is 7.68. The molecule has 0 aromatic rings. The van der Waals surface area contributed by atoms with E-state index in [0.717, 1.165) is 57.8 Å². The van der Waals surface area contributed by atoms with Crippen molar-refractivity contribution in [3.05, 3.63) is 24.3 Å². The third-order valence-corrected chi connectivity index (χ3v) is 11.6. The van der Waals surface area contributed by atoms with Crippen molar-refractivity contribution >= 4 is 5.91 Å². The Balaban J connectivity index is 2.31. The molecule has 0 aromatic heterocycles. The summed E-state index contributed by atoms with van der Waals surface area (Å²) in [6, 6.07) is -0.723. The van der Waals surface area contributed by atoms with Crippen molar-refractivity contribution in [1.29, 1.82) is 0 Å². The van der Waals surface area contributed by atoms with Gasteiger partial charge in [-0.25, -0.2) is 0 Å². The molecule has 1 aliphatic rings. The molecule has 9 nitrogen and oxygen atoms in total. The molecule has 336 valence electrons. The highest BCUT2D eigenvalue weighted by atomic mass is 16.7. The van der Waals surface area contributed by atoms with Gasteiger partial charge >= 0.3 is 0 Å². The Labute approximate surface area is 349 Å². The number of unbranched alkanes of at least 4 members (excludes halogenated alkanes) is 27. The van der Waals surface area contributed by atoms with E-state index in [9.17, 15) is 30.3 Å². The number of aliphatic hydroxyl groups is 5. The SMILES string of the molecule is CCCCC/C=C\C=C/CCCCCCCCC(=O)NC(COC1OC(CO)C(O)C(O)C1O)C(O)CCCCCCCCCCCCCCCCCCCCC. The Kier molecular flexibility index (Phi) is 36.6. The highest BCUT2D eigenvalue weighted by molar-refractivity contribution is 5.76. The molecule has 0 aliphatic carbocycles. The molecule has 1 amide bonds. The zero-order valence-corrected chi connectivity index (χ0v) is 36.9. The van der Waals surface area contributed by atoms with E-state index in [4.69, 9.17) is 9.47 Å². The molecule has 1 rings (SSSR count). The van der Waals surface area contributed by atoms with Crippen LogP contribution in [0.1, 0.15) is 219 Å². The largest absolute Gasteiger partial charge is 0.394 e. The maximum absolute atomic E-state index is 13.0. The first kappa shape index (κ1) is 53.7. The van der Waals surface area contributed by atoms with Crippen LogP contribution in [0.3, 0.4) is 0 Å². The van der Waals surface area contributed by atoms with Gasteiger partial charge in [-0.2, -0.15) is 0 Å². The van der Waals surface area contributed by atoms with Crippen LogP contribution in [0.4, 0.5) is 0 Å². The van der Waals surface area contributed by atoms with Crippen molar-refractivity contribution in [3.63, 3.8) is 0 Å². The maximum Gasteiger partial charge on any atom is 0.220 e. The highest BCUT2D eigenvalue weighted by Crippen LogP contribution is 2.23. The summed E-state index contributed by atoms with van der Waals surface area (Å²) in [5.74, 6) is -0.155. The molecular formula is C48H91NO8. The van der Waals surface area contributed by atoms with Crippen LogP contribution in [0, 0.1) is 0 Å². The molecule has 1 aliphatic heterocycles. The molecule has 9 heteroatoms. The summed E-state index contributed by atoms with van der Waals surface area (Å²) in [4.78, 5) is 13.0. The first-order chi connectivity index (χ1) is 27.8. The van der Waals surface area contributed by atoms with E-state index >= 15 is 0 Å². The Morgan fingerprint density at radius 2 is 1.02 bits per heavy atom. The van der Waals surface area contributed by atoms with Gasteiger partial charge in [-0.15, -0.1) is 0 Å². The number of amides is 1. The van der Waals surface area contributed by atoms with Gasteiger partial charge in [-0.3, -0.25) is 4.79 Å². The molecule has 0 spiro atoms. The molecule has 1 saturated heterocycles. The normalized spacial score (nSPS) is 21.1. The number of rotatable bonds is 40. The molecule has 7 unspecified atom stereocenters. The predicted octanol–water partition coefficient (Wildman–Crippen LogP) is 10.3. The number of hydrogen-bond acceptors (Lipinski definition) is 8. The van der Waals surface area contributed by atoms with Crippen LogP contribution < -0.4 is 5.32 Å². The van der Waals surface area contributed by atoms with E-state index < -0.39 is 49.5 Å². The van der Waals surface area contributed by atoms with E-state index in [0.29, 0.717) is 12.8 Å². The molecule has 1 fully saturated rings. The van der Waals surface area contributed by atoms with Crippen LogP contribution in [0.15, 0.2) is 24.3 Å². The lowest BCUT2D eigenvalue weighted by Gasteiger charge is -2.40. The average molecular weight is 810 g/mol. The van der Waals surface area contributed by atoms with E-state index in [1.54, 1.807) is 0 Å². The van der Waals surface area contributed by atoms with Crippen molar-refractivity contribution in [2.75, 3.05) is 13.2 Å².